The number of ether oxygens (including phenoxy) is 1. The van der Waals surface area contributed by atoms with E-state index in [1.54, 1.807) is 23.9 Å². The summed E-state index contributed by atoms with van der Waals surface area (Å²) in [7, 11) is 1.31. The maximum absolute atomic E-state index is 12.5. The molecule has 4 rings (SSSR count). The van der Waals surface area contributed by atoms with E-state index in [1.807, 2.05) is 47.0 Å². The maximum atomic E-state index is 12.5. The lowest BCUT2D eigenvalue weighted by Crippen LogP contribution is -2.16. The number of esters is 1. The van der Waals surface area contributed by atoms with Crippen LogP contribution in [0.4, 0.5) is 5.69 Å². The van der Waals surface area contributed by atoms with Crippen LogP contribution in [-0.2, 0) is 16.1 Å². The van der Waals surface area contributed by atoms with E-state index in [-0.39, 0.29) is 11.7 Å². The topological polar surface area (TPSA) is 86.4 Å². The molecule has 1 aromatic carbocycles. The molecule has 0 spiro atoms. The van der Waals surface area contributed by atoms with Gasteiger partial charge in [0.25, 0.3) is 0 Å². The van der Waals surface area contributed by atoms with Gasteiger partial charge in [0, 0.05) is 0 Å². The second-order valence-electron chi connectivity index (χ2n) is 6.45. The highest BCUT2D eigenvalue weighted by molar-refractivity contribution is 7.99. The molecule has 0 bridgehead atoms. The summed E-state index contributed by atoms with van der Waals surface area (Å²) in [6.45, 7) is 0.498. The molecule has 158 valence electrons. The molecule has 0 saturated heterocycles. The Bertz CT molecular complexity index is 1170. The third-order valence-corrected chi connectivity index (χ3v) is 6.31. The summed E-state index contributed by atoms with van der Waals surface area (Å²) in [5.41, 5.74) is 2.41. The SMILES string of the molecule is COC(=O)c1sccc1NC(=O)CSc1ncc(-c2ccccc2)n1Cc1ccco1. The molecule has 3 aromatic heterocycles. The Kier molecular flexibility index (Phi) is 6.54. The first kappa shape index (κ1) is 21.0. The number of nitrogens with one attached hydrogen (secondary N) is 1. The number of hydrogen-bond donors (Lipinski definition) is 1. The number of anilines is 1. The van der Waals surface area contributed by atoms with E-state index in [2.05, 4.69) is 10.3 Å². The first-order valence-electron chi connectivity index (χ1n) is 9.37. The van der Waals surface area contributed by atoms with Crippen molar-refractivity contribution >= 4 is 40.7 Å². The number of hydrogen-bond acceptors (Lipinski definition) is 7. The number of amides is 1. The lowest BCUT2D eigenvalue weighted by atomic mass is 10.2. The number of carbonyl (C=O) groups excluding carboxylic acids is 2. The highest BCUT2D eigenvalue weighted by Crippen LogP contribution is 2.28. The number of carbonyl (C=O) groups is 2. The molecule has 0 aliphatic heterocycles. The van der Waals surface area contributed by atoms with Gasteiger partial charge in [-0.05, 0) is 29.1 Å². The van der Waals surface area contributed by atoms with E-state index < -0.39 is 5.97 Å². The number of thiophene rings is 1. The van der Waals surface area contributed by atoms with Gasteiger partial charge in [-0.25, -0.2) is 9.78 Å². The number of nitrogens with zero attached hydrogens (tertiary/aromatic N) is 2. The number of aromatic nitrogens is 2. The van der Waals surface area contributed by atoms with Gasteiger partial charge in [-0.3, -0.25) is 4.79 Å². The number of benzene rings is 1. The number of rotatable bonds is 8. The average Bonchev–Trinajstić information content (AvgIpc) is 3.54. The summed E-state index contributed by atoms with van der Waals surface area (Å²) in [6.07, 6.45) is 3.43. The van der Waals surface area contributed by atoms with Crippen molar-refractivity contribution in [1.82, 2.24) is 9.55 Å². The van der Waals surface area contributed by atoms with Gasteiger partial charge >= 0.3 is 5.97 Å². The summed E-state index contributed by atoms with van der Waals surface area (Å²) in [5.74, 6) is 0.226. The smallest absolute Gasteiger partial charge is 0.350 e. The number of imidazole rings is 1. The van der Waals surface area contributed by atoms with Gasteiger partial charge < -0.3 is 19.0 Å². The van der Waals surface area contributed by atoms with Crippen LogP contribution in [0.25, 0.3) is 11.3 Å². The summed E-state index contributed by atoms with van der Waals surface area (Å²) in [4.78, 5) is 29.2. The predicted octanol–water partition coefficient (Wildman–Crippen LogP) is 4.77. The van der Waals surface area contributed by atoms with Crippen molar-refractivity contribution in [2.24, 2.45) is 0 Å². The van der Waals surface area contributed by atoms with Crippen LogP contribution >= 0.6 is 23.1 Å². The van der Waals surface area contributed by atoms with E-state index in [9.17, 15) is 9.59 Å². The summed E-state index contributed by atoms with van der Waals surface area (Å²) < 4.78 is 12.3. The van der Waals surface area contributed by atoms with Crippen molar-refractivity contribution in [3.05, 3.63) is 77.0 Å². The molecule has 0 fully saturated rings. The summed E-state index contributed by atoms with van der Waals surface area (Å²) >= 11 is 2.54. The normalized spacial score (nSPS) is 10.7. The molecule has 0 aliphatic carbocycles. The zero-order chi connectivity index (χ0) is 21.6. The van der Waals surface area contributed by atoms with Gasteiger partial charge in [0.15, 0.2) is 5.16 Å². The Morgan fingerprint density at radius 2 is 2.03 bits per heavy atom. The molecule has 0 aliphatic rings. The Labute approximate surface area is 187 Å². The third kappa shape index (κ3) is 4.89. The number of thioether (sulfide) groups is 1. The molecule has 1 amide bonds. The van der Waals surface area contributed by atoms with Crippen LogP contribution in [0.1, 0.15) is 15.4 Å². The van der Waals surface area contributed by atoms with Gasteiger partial charge in [-0.2, -0.15) is 0 Å². The van der Waals surface area contributed by atoms with Crippen molar-refractivity contribution in [2.45, 2.75) is 11.7 Å². The lowest BCUT2D eigenvalue weighted by Gasteiger charge is -2.11. The highest BCUT2D eigenvalue weighted by atomic mass is 32.2. The second-order valence-corrected chi connectivity index (χ2v) is 8.31. The van der Waals surface area contributed by atoms with Crippen LogP contribution in [0.3, 0.4) is 0 Å². The zero-order valence-corrected chi connectivity index (χ0v) is 18.2. The van der Waals surface area contributed by atoms with Crippen LogP contribution < -0.4 is 5.32 Å². The molecular weight excluding hydrogens is 434 g/mol. The molecule has 1 N–H and O–H groups in total. The van der Waals surface area contributed by atoms with Crippen molar-refractivity contribution < 1.29 is 18.7 Å². The summed E-state index contributed by atoms with van der Waals surface area (Å²) in [5, 5.41) is 5.21. The fourth-order valence-electron chi connectivity index (χ4n) is 3.00. The third-order valence-electron chi connectivity index (χ3n) is 4.43. The molecule has 0 radical (unpaired) electrons. The minimum absolute atomic E-state index is 0.139. The van der Waals surface area contributed by atoms with E-state index in [1.165, 1.54) is 30.2 Å². The highest BCUT2D eigenvalue weighted by Gasteiger charge is 2.18. The van der Waals surface area contributed by atoms with Gasteiger partial charge in [-0.1, -0.05) is 42.1 Å². The average molecular weight is 454 g/mol. The summed E-state index contributed by atoms with van der Waals surface area (Å²) in [6, 6.07) is 15.4. The molecule has 0 unspecified atom stereocenters. The minimum Gasteiger partial charge on any atom is -0.467 e. The van der Waals surface area contributed by atoms with Gasteiger partial charge in [0.1, 0.15) is 10.6 Å². The molecular formula is C22H19N3O4S2. The van der Waals surface area contributed by atoms with Gasteiger partial charge in [0.2, 0.25) is 5.91 Å². The van der Waals surface area contributed by atoms with Crippen LogP contribution in [0, 0.1) is 0 Å². The van der Waals surface area contributed by atoms with E-state index in [0.717, 1.165) is 17.0 Å². The predicted molar refractivity (Wildman–Crippen MR) is 120 cm³/mol. The van der Waals surface area contributed by atoms with Gasteiger partial charge in [0.05, 0.1) is 43.2 Å². The molecule has 3 heterocycles. The van der Waals surface area contributed by atoms with E-state index in [0.29, 0.717) is 22.3 Å². The quantitative estimate of drug-likeness (QED) is 0.305. The van der Waals surface area contributed by atoms with Crippen LogP contribution in [0.2, 0.25) is 0 Å². The van der Waals surface area contributed by atoms with Crippen molar-refractivity contribution in [1.29, 1.82) is 0 Å². The maximum Gasteiger partial charge on any atom is 0.350 e. The molecule has 7 nitrogen and oxygen atoms in total. The van der Waals surface area contributed by atoms with Crippen molar-refractivity contribution in [3.8, 4) is 11.3 Å². The molecule has 0 saturated carbocycles. The zero-order valence-electron chi connectivity index (χ0n) is 16.6. The minimum atomic E-state index is -0.473. The number of furan rings is 1. The van der Waals surface area contributed by atoms with E-state index in [4.69, 9.17) is 9.15 Å². The standard InChI is InChI=1S/C22H19N3O4S2/c1-28-21(27)20-17(9-11-30-20)24-19(26)14-31-22-23-12-18(15-6-3-2-4-7-15)25(22)13-16-8-5-10-29-16/h2-12H,13-14H2,1H3,(H,24,26). The van der Waals surface area contributed by atoms with Crippen LogP contribution in [-0.4, -0.2) is 34.3 Å². The van der Waals surface area contributed by atoms with Gasteiger partial charge in [-0.15, -0.1) is 11.3 Å². The largest absolute Gasteiger partial charge is 0.467 e. The molecule has 9 heteroatoms. The van der Waals surface area contributed by atoms with Crippen LogP contribution in [0.5, 0.6) is 0 Å². The molecule has 31 heavy (non-hydrogen) atoms. The van der Waals surface area contributed by atoms with Crippen molar-refractivity contribution in [3.63, 3.8) is 0 Å². The Morgan fingerprint density at radius 3 is 2.77 bits per heavy atom. The fourth-order valence-corrected chi connectivity index (χ4v) is 4.54. The number of methoxy groups -OCH3 is 1. The first-order chi connectivity index (χ1) is 15.2. The Morgan fingerprint density at radius 1 is 1.19 bits per heavy atom. The van der Waals surface area contributed by atoms with Crippen LogP contribution in [0.15, 0.2) is 75.9 Å². The molecule has 4 aromatic rings. The Hall–Kier alpha value is -3.30. The van der Waals surface area contributed by atoms with Crippen molar-refractivity contribution in [2.75, 3.05) is 18.2 Å². The first-order valence-corrected chi connectivity index (χ1v) is 11.2. The second kappa shape index (κ2) is 9.67. The monoisotopic (exact) mass is 453 g/mol. The van der Waals surface area contributed by atoms with E-state index >= 15 is 0 Å². The Balaban J connectivity index is 1.50. The fraction of sp³-hybridized carbons (Fsp3) is 0.136. The lowest BCUT2D eigenvalue weighted by molar-refractivity contribution is -0.113. The molecule has 0 atom stereocenters.